The maximum Gasteiger partial charge on any atom is 0.306 e. The van der Waals surface area contributed by atoms with E-state index in [1.165, 1.54) is 38.5 Å². The van der Waals surface area contributed by atoms with Gasteiger partial charge in [0.1, 0.15) is 6.10 Å². The summed E-state index contributed by atoms with van der Waals surface area (Å²) in [5.41, 5.74) is 0. The molecule has 0 aromatic heterocycles. The van der Waals surface area contributed by atoms with E-state index in [-0.39, 0.29) is 12.1 Å². The van der Waals surface area contributed by atoms with Crippen LogP contribution in [0.1, 0.15) is 71.1 Å². The molecule has 106 valence electrons. The molecule has 1 N–H and O–H groups in total. The lowest BCUT2D eigenvalue weighted by Crippen LogP contribution is -2.33. The van der Waals surface area contributed by atoms with E-state index in [0.29, 0.717) is 6.42 Å². The van der Waals surface area contributed by atoms with Crippen molar-refractivity contribution in [3.8, 4) is 0 Å². The van der Waals surface area contributed by atoms with Crippen LogP contribution in [-0.2, 0) is 9.53 Å². The number of piperidine rings is 1. The van der Waals surface area contributed by atoms with E-state index in [1.54, 1.807) is 0 Å². The van der Waals surface area contributed by atoms with Gasteiger partial charge in [-0.15, -0.1) is 0 Å². The first-order chi connectivity index (χ1) is 8.83. The molecule has 0 spiro atoms. The molecule has 0 bridgehead atoms. The van der Waals surface area contributed by atoms with Crippen LogP contribution in [0.4, 0.5) is 0 Å². The van der Waals surface area contributed by atoms with Crippen molar-refractivity contribution in [1.29, 1.82) is 0 Å². The maximum absolute atomic E-state index is 11.6. The normalized spacial score (nSPS) is 16.7. The SMILES string of the molecule is CCCCCCCCCC(=O)OC1CCNCC1. The lowest BCUT2D eigenvalue weighted by atomic mass is 10.1. The number of carbonyl (C=O) groups is 1. The molecule has 1 saturated heterocycles. The molecular weight excluding hydrogens is 226 g/mol. The van der Waals surface area contributed by atoms with Gasteiger partial charge < -0.3 is 10.1 Å². The van der Waals surface area contributed by atoms with Crippen molar-refractivity contribution in [2.75, 3.05) is 13.1 Å². The summed E-state index contributed by atoms with van der Waals surface area (Å²) < 4.78 is 5.46. The summed E-state index contributed by atoms with van der Waals surface area (Å²) in [6, 6.07) is 0. The second kappa shape index (κ2) is 10.4. The zero-order valence-corrected chi connectivity index (χ0v) is 11.9. The molecule has 18 heavy (non-hydrogen) atoms. The number of hydrogen-bond acceptors (Lipinski definition) is 3. The zero-order valence-electron chi connectivity index (χ0n) is 11.9. The molecule has 1 aliphatic heterocycles. The van der Waals surface area contributed by atoms with Gasteiger partial charge in [-0.2, -0.15) is 0 Å². The Hall–Kier alpha value is -0.570. The summed E-state index contributed by atoms with van der Waals surface area (Å²) in [5, 5.41) is 3.27. The minimum Gasteiger partial charge on any atom is -0.462 e. The molecule has 0 unspecified atom stereocenters. The maximum atomic E-state index is 11.6. The number of esters is 1. The molecule has 3 heteroatoms. The third-order valence-corrected chi connectivity index (χ3v) is 3.57. The number of nitrogens with one attached hydrogen (secondary N) is 1. The summed E-state index contributed by atoms with van der Waals surface area (Å²) >= 11 is 0. The second-order valence-electron chi connectivity index (χ2n) is 5.31. The summed E-state index contributed by atoms with van der Waals surface area (Å²) in [6.07, 6.45) is 11.5. The van der Waals surface area contributed by atoms with Crippen LogP contribution in [0, 0.1) is 0 Å². The standard InChI is InChI=1S/C15H29NO2/c1-2-3-4-5-6-7-8-9-15(17)18-14-10-12-16-13-11-14/h14,16H,2-13H2,1H3. The molecule has 1 heterocycles. The van der Waals surface area contributed by atoms with Crippen LogP contribution in [-0.4, -0.2) is 25.2 Å². The van der Waals surface area contributed by atoms with Gasteiger partial charge >= 0.3 is 5.97 Å². The van der Waals surface area contributed by atoms with Crippen LogP contribution in [0.25, 0.3) is 0 Å². The van der Waals surface area contributed by atoms with Crippen LogP contribution in [0.5, 0.6) is 0 Å². The second-order valence-corrected chi connectivity index (χ2v) is 5.31. The van der Waals surface area contributed by atoms with Crippen molar-refractivity contribution in [3.05, 3.63) is 0 Å². The van der Waals surface area contributed by atoms with Gasteiger partial charge in [-0.25, -0.2) is 0 Å². The first kappa shape index (κ1) is 15.5. The smallest absolute Gasteiger partial charge is 0.306 e. The molecule has 0 aliphatic carbocycles. The van der Waals surface area contributed by atoms with E-state index < -0.39 is 0 Å². The van der Waals surface area contributed by atoms with Crippen molar-refractivity contribution in [1.82, 2.24) is 5.32 Å². The molecule has 0 amide bonds. The van der Waals surface area contributed by atoms with Crippen LogP contribution in [0.2, 0.25) is 0 Å². The van der Waals surface area contributed by atoms with Crippen LogP contribution >= 0.6 is 0 Å². The third kappa shape index (κ3) is 7.70. The molecule has 1 fully saturated rings. The number of carbonyl (C=O) groups excluding carboxylic acids is 1. The van der Waals surface area contributed by atoms with Crippen molar-refractivity contribution in [2.24, 2.45) is 0 Å². The fraction of sp³-hybridized carbons (Fsp3) is 0.933. The largest absolute Gasteiger partial charge is 0.462 e. The minimum atomic E-state index is 0.00968. The van der Waals surface area contributed by atoms with Crippen molar-refractivity contribution >= 4 is 5.97 Å². The van der Waals surface area contributed by atoms with E-state index >= 15 is 0 Å². The van der Waals surface area contributed by atoms with E-state index in [2.05, 4.69) is 12.2 Å². The molecule has 0 aromatic rings. The topological polar surface area (TPSA) is 38.3 Å². The minimum absolute atomic E-state index is 0.00968. The first-order valence-electron chi connectivity index (χ1n) is 7.73. The Balaban J connectivity index is 1.90. The summed E-state index contributed by atoms with van der Waals surface area (Å²) in [6.45, 7) is 4.20. The monoisotopic (exact) mass is 255 g/mol. The summed E-state index contributed by atoms with van der Waals surface area (Å²) in [7, 11) is 0. The molecule has 0 aromatic carbocycles. The van der Waals surface area contributed by atoms with Gasteiger partial charge in [0.2, 0.25) is 0 Å². The zero-order chi connectivity index (χ0) is 13.1. The van der Waals surface area contributed by atoms with Crippen LogP contribution < -0.4 is 5.32 Å². The number of rotatable bonds is 9. The van der Waals surface area contributed by atoms with Crippen LogP contribution in [0.3, 0.4) is 0 Å². The van der Waals surface area contributed by atoms with Gasteiger partial charge in [-0.1, -0.05) is 45.4 Å². The molecule has 0 saturated carbocycles. The molecule has 3 nitrogen and oxygen atoms in total. The fourth-order valence-corrected chi connectivity index (χ4v) is 2.38. The predicted octanol–water partition coefficient (Wildman–Crippen LogP) is 3.42. The van der Waals surface area contributed by atoms with E-state index in [1.807, 2.05) is 0 Å². The predicted molar refractivity (Wildman–Crippen MR) is 74.6 cm³/mol. The Bertz CT molecular complexity index is 213. The van der Waals surface area contributed by atoms with Gasteiger partial charge in [0.15, 0.2) is 0 Å². The number of unbranched alkanes of at least 4 members (excludes halogenated alkanes) is 6. The van der Waals surface area contributed by atoms with Gasteiger partial charge in [0.05, 0.1) is 0 Å². The number of hydrogen-bond donors (Lipinski definition) is 1. The Labute approximate surface area is 112 Å². The Morgan fingerprint density at radius 2 is 1.67 bits per heavy atom. The van der Waals surface area contributed by atoms with Crippen molar-refractivity contribution < 1.29 is 9.53 Å². The first-order valence-corrected chi connectivity index (χ1v) is 7.73. The highest BCUT2D eigenvalue weighted by Gasteiger charge is 2.16. The highest BCUT2D eigenvalue weighted by molar-refractivity contribution is 5.69. The average Bonchev–Trinajstić information content (AvgIpc) is 2.39. The molecule has 0 atom stereocenters. The lowest BCUT2D eigenvalue weighted by molar-refractivity contribution is -0.150. The quantitative estimate of drug-likeness (QED) is 0.507. The number of ether oxygens (including phenoxy) is 1. The average molecular weight is 255 g/mol. The van der Waals surface area contributed by atoms with E-state index in [4.69, 9.17) is 4.74 Å². The molecular formula is C15H29NO2. The van der Waals surface area contributed by atoms with Gasteiger partial charge in [0.25, 0.3) is 0 Å². The van der Waals surface area contributed by atoms with Crippen molar-refractivity contribution in [2.45, 2.75) is 77.2 Å². The molecule has 1 aliphatic rings. The van der Waals surface area contributed by atoms with Gasteiger partial charge in [-0.05, 0) is 32.4 Å². The molecule has 1 rings (SSSR count). The van der Waals surface area contributed by atoms with Gasteiger partial charge in [0, 0.05) is 6.42 Å². The highest BCUT2D eigenvalue weighted by atomic mass is 16.5. The third-order valence-electron chi connectivity index (χ3n) is 3.57. The van der Waals surface area contributed by atoms with Crippen molar-refractivity contribution in [3.63, 3.8) is 0 Å². The lowest BCUT2D eigenvalue weighted by Gasteiger charge is -2.22. The summed E-state index contributed by atoms with van der Waals surface area (Å²) in [5.74, 6) is 0.00968. The Kier molecular flexibility index (Phi) is 8.92. The summed E-state index contributed by atoms with van der Waals surface area (Å²) in [4.78, 5) is 11.6. The van der Waals surface area contributed by atoms with E-state index in [0.717, 1.165) is 32.4 Å². The van der Waals surface area contributed by atoms with Crippen LogP contribution in [0.15, 0.2) is 0 Å². The molecule has 0 radical (unpaired) electrons. The Morgan fingerprint density at radius 1 is 1.06 bits per heavy atom. The van der Waals surface area contributed by atoms with Gasteiger partial charge in [-0.3, -0.25) is 4.79 Å². The highest BCUT2D eigenvalue weighted by Crippen LogP contribution is 2.12. The van der Waals surface area contributed by atoms with E-state index in [9.17, 15) is 4.79 Å². The Morgan fingerprint density at radius 3 is 2.33 bits per heavy atom. The fourth-order valence-electron chi connectivity index (χ4n) is 2.38.